The maximum absolute atomic E-state index is 11.5. The van der Waals surface area contributed by atoms with Gasteiger partial charge in [-0.15, -0.1) is 0 Å². The van der Waals surface area contributed by atoms with E-state index in [-0.39, 0.29) is 0 Å². The summed E-state index contributed by atoms with van der Waals surface area (Å²) in [5.74, 6) is 3.05. The maximum atomic E-state index is 11.5. The second kappa shape index (κ2) is 9.99. The molecule has 0 N–H and O–H groups in total. The Balaban J connectivity index is 3.78. The molecule has 0 heterocycles. The van der Waals surface area contributed by atoms with Crippen LogP contribution in [0, 0.1) is 17.8 Å². The van der Waals surface area contributed by atoms with Crippen molar-refractivity contribution in [1.29, 1.82) is 0 Å². The van der Waals surface area contributed by atoms with Crippen LogP contribution in [0.15, 0.2) is 0 Å². The predicted octanol–water partition coefficient (Wildman–Crippen LogP) is 5.14. The van der Waals surface area contributed by atoms with E-state index in [0.717, 1.165) is 24.0 Å². The molecule has 0 aliphatic carbocycles. The second-order valence-corrected chi connectivity index (χ2v) is 6.91. The largest absolute Gasteiger partial charge is 0.287 e. The number of thioether (sulfide) groups is 1. The molecule has 0 amide bonds. The molecule has 0 aromatic heterocycles. The first-order valence-corrected chi connectivity index (χ1v) is 8.13. The van der Waals surface area contributed by atoms with Gasteiger partial charge in [0.1, 0.15) is 0 Å². The highest BCUT2D eigenvalue weighted by atomic mass is 32.2. The first-order chi connectivity index (χ1) is 7.99. The van der Waals surface area contributed by atoms with Gasteiger partial charge in [-0.25, -0.2) is 0 Å². The molecule has 0 radical (unpaired) electrons. The van der Waals surface area contributed by atoms with Crippen molar-refractivity contribution in [2.24, 2.45) is 17.8 Å². The third-order valence-corrected chi connectivity index (χ3v) is 3.99. The van der Waals surface area contributed by atoms with Crippen molar-refractivity contribution in [3.05, 3.63) is 0 Å². The molecule has 0 aliphatic heterocycles. The molecule has 0 aliphatic rings. The van der Waals surface area contributed by atoms with E-state index in [1.165, 1.54) is 37.4 Å². The molecular weight excluding hydrogens is 228 g/mol. The molecule has 0 aromatic carbocycles. The van der Waals surface area contributed by atoms with Crippen LogP contribution in [0.3, 0.4) is 0 Å². The fraction of sp³-hybridized carbons (Fsp3) is 0.933. The highest BCUT2D eigenvalue weighted by Crippen LogP contribution is 2.25. The first kappa shape index (κ1) is 17.0. The van der Waals surface area contributed by atoms with Gasteiger partial charge in [-0.05, 0) is 36.3 Å². The van der Waals surface area contributed by atoms with Crippen LogP contribution < -0.4 is 0 Å². The molecule has 0 fully saturated rings. The summed E-state index contributed by atoms with van der Waals surface area (Å²) in [4.78, 5) is 11.5. The van der Waals surface area contributed by atoms with Crippen LogP contribution >= 0.6 is 11.8 Å². The summed E-state index contributed by atoms with van der Waals surface area (Å²) < 4.78 is 0. The monoisotopic (exact) mass is 258 g/mol. The lowest BCUT2D eigenvalue weighted by Gasteiger charge is -2.20. The minimum atomic E-state index is 0.369. The SMILES string of the molecule is CCC[C@@H](C)C[C@@H](C)C[C@@H](C)CC(=O)SCC. The van der Waals surface area contributed by atoms with Crippen molar-refractivity contribution >= 4 is 16.9 Å². The Morgan fingerprint density at radius 1 is 1.00 bits per heavy atom. The van der Waals surface area contributed by atoms with Crippen molar-refractivity contribution in [3.63, 3.8) is 0 Å². The summed E-state index contributed by atoms with van der Waals surface area (Å²) >= 11 is 1.47. The summed E-state index contributed by atoms with van der Waals surface area (Å²) in [6.07, 6.45) is 5.89. The molecule has 17 heavy (non-hydrogen) atoms. The van der Waals surface area contributed by atoms with Crippen LogP contribution in [0.2, 0.25) is 0 Å². The van der Waals surface area contributed by atoms with Gasteiger partial charge in [0.15, 0.2) is 5.12 Å². The molecule has 102 valence electrons. The smallest absolute Gasteiger partial charge is 0.189 e. The molecule has 1 nitrogen and oxygen atoms in total. The van der Waals surface area contributed by atoms with E-state index in [1.807, 2.05) is 6.92 Å². The van der Waals surface area contributed by atoms with Crippen molar-refractivity contribution < 1.29 is 4.79 Å². The van der Waals surface area contributed by atoms with Gasteiger partial charge in [-0.2, -0.15) is 0 Å². The highest BCUT2D eigenvalue weighted by Gasteiger charge is 2.14. The zero-order valence-corrected chi connectivity index (χ0v) is 13.1. The molecule has 0 saturated heterocycles. The van der Waals surface area contributed by atoms with Crippen LogP contribution in [-0.2, 0) is 4.79 Å². The van der Waals surface area contributed by atoms with Gasteiger partial charge >= 0.3 is 0 Å². The predicted molar refractivity (Wildman–Crippen MR) is 79.4 cm³/mol. The lowest BCUT2D eigenvalue weighted by molar-refractivity contribution is -0.111. The molecule has 0 aromatic rings. The van der Waals surface area contributed by atoms with Crippen LogP contribution in [-0.4, -0.2) is 10.9 Å². The van der Waals surface area contributed by atoms with E-state index in [2.05, 4.69) is 27.7 Å². The minimum Gasteiger partial charge on any atom is -0.287 e. The van der Waals surface area contributed by atoms with Gasteiger partial charge in [0, 0.05) is 6.42 Å². The lowest BCUT2D eigenvalue weighted by atomic mass is 9.87. The molecule has 2 heteroatoms. The fourth-order valence-corrected chi connectivity index (χ4v) is 3.39. The van der Waals surface area contributed by atoms with Crippen molar-refractivity contribution in [2.75, 3.05) is 5.75 Å². The molecule has 0 saturated carbocycles. The van der Waals surface area contributed by atoms with Gasteiger partial charge in [0.05, 0.1) is 0 Å². The maximum Gasteiger partial charge on any atom is 0.189 e. The van der Waals surface area contributed by atoms with Gasteiger partial charge in [-0.3, -0.25) is 4.79 Å². The lowest BCUT2D eigenvalue weighted by Crippen LogP contribution is -2.10. The summed E-state index contributed by atoms with van der Waals surface area (Å²) in [5, 5.41) is 0.369. The highest BCUT2D eigenvalue weighted by molar-refractivity contribution is 8.13. The molecule has 3 atom stereocenters. The van der Waals surface area contributed by atoms with Gasteiger partial charge < -0.3 is 0 Å². The van der Waals surface area contributed by atoms with E-state index in [1.54, 1.807) is 0 Å². The van der Waals surface area contributed by atoms with Gasteiger partial charge in [0.2, 0.25) is 0 Å². The van der Waals surface area contributed by atoms with E-state index >= 15 is 0 Å². The van der Waals surface area contributed by atoms with Crippen LogP contribution in [0.1, 0.15) is 66.7 Å². The molecule has 0 unspecified atom stereocenters. The fourth-order valence-electron chi connectivity index (χ4n) is 2.67. The van der Waals surface area contributed by atoms with Crippen LogP contribution in [0.25, 0.3) is 0 Å². The standard InChI is InChI=1S/C15H30OS/c1-6-8-12(3)9-13(4)10-14(5)11-15(16)17-7-2/h12-14H,6-11H2,1-5H3/t12-,13-,14-/m1/s1. The average molecular weight is 258 g/mol. The summed E-state index contributed by atoms with van der Waals surface area (Å²) in [6, 6.07) is 0. The minimum absolute atomic E-state index is 0.369. The molecule has 0 rings (SSSR count). The third kappa shape index (κ3) is 9.70. The van der Waals surface area contributed by atoms with Crippen molar-refractivity contribution in [1.82, 2.24) is 0 Å². The second-order valence-electron chi connectivity index (χ2n) is 5.58. The zero-order valence-electron chi connectivity index (χ0n) is 12.3. The Bertz CT molecular complexity index is 203. The first-order valence-electron chi connectivity index (χ1n) is 7.15. The summed E-state index contributed by atoms with van der Waals surface area (Å²) in [6.45, 7) is 11.2. The van der Waals surface area contributed by atoms with Crippen LogP contribution in [0.5, 0.6) is 0 Å². The number of rotatable bonds is 9. The average Bonchev–Trinajstić information content (AvgIpc) is 2.16. The number of carbonyl (C=O) groups excluding carboxylic acids is 1. The Morgan fingerprint density at radius 3 is 2.12 bits per heavy atom. The number of hydrogen-bond donors (Lipinski definition) is 0. The zero-order chi connectivity index (χ0) is 13.3. The molecular formula is C15H30OS. The molecule has 0 spiro atoms. The topological polar surface area (TPSA) is 17.1 Å². The Kier molecular flexibility index (Phi) is 10.0. The number of hydrogen-bond acceptors (Lipinski definition) is 2. The van der Waals surface area contributed by atoms with Crippen molar-refractivity contribution in [3.8, 4) is 0 Å². The van der Waals surface area contributed by atoms with Gasteiger partial charge in [-0.1, -0.05) is 59.2 Å². The van der Waals surface area contributed by atoms with Crippen LogP contribution in [0.4, 0.5) is 0 Å². The van der Waals surface area contributed by atoms with E-state index in [0.29, 0.717) is 11.0 Å². The summed E-state index contributed by atoms with van der Waals surface area (Å²) in [5.41, 5.74) is 0. The molecule has 0 bridgehead atoms. The quantitative estimate of drug-likeness (QED) is 0.569. The van der Waals surface area contributed by atoms with Crippen molar-refractivity contribution in [2.45, 2.75) is 66.7 Å². The normalized spacial score (nSPS) is 16.5. The van der Waals surface area contributed by atoms with Gasteiger partial charge in [0.25, 0.3) is 0 Å². The Labute approximate surface area is 112 Å². The summed E-state index contributed by atoms with van der Waals surface area (Å²) in [7, 11) is 0. The Morgan fingerprint density at radius 2 is 1.59 bits per heavy atom. The Hall–Kier alpha value is 0.0200. The van der Waals surface area contributed by atoms with E-state index in [4.69, 9.17) is 0 Å². The third-order valence-electron chi connectivity index (χ3n) is 3.21. The van der Waals surface area contributed by atoms with E-state index in [9.17, 15) is 4.79 Å². The number of carbonyl (C=O) groups is 1. The van der Waals surface area contributed by atoms with E-state index < -0.39 is 0 Å².